The molecule has 5 heteroatoms. The first kappa shape index (κ1) is 15.5. The summed E-state index contributed by atoms with van der Waals surface area (Å²) < 4.78 is 5.55. The Labute approximate surface area is 129 Å². The first-order valence-electron chi connectivity index (χ1n) is 6.95. The Morgan fingerprint density at radius 2 is 2.05 bits per heavy atom. The molecule has 0 saturated heterocycles. The maximum Gasteiger partial charge on any atom is 0.261 e. The van der Waals surface area contributed by atoms with Gasteiger partial charge in [-0.05, 0) is 50.2 Å². The second-order valence-electron chi connectivity index (χ2n) is 4.88. The van der Waals surface area contributed by atoms with Gasteiger partial charge >= 0.3 is 0 Å². The molecule has 1 heterocycles. The van der Waals surface area contributed by atoms with Crippen LogP contribution in [0.1, 0.15) is 23.9 Å². The predicted molar refractivity (Wildman–Crippen MR) is 82.1 cm³/mol. The van der Waals surface area contributed by atoms with E-state index in [1.165, 1.54) is 0 Å². The van der Waals surface area contributed by atoms with Crippen LogP contribution in [0.15, 0.2) is 42.5 Å². The van der Waals surface area contributed by atoms with Gasteiger partial charge in [0.25, 0.3) is 5.91 Å². The Bertz CT molecular complexity index is 690. The second kappa shape index (κ2) is 7.23. The number of amides is 1. The Kier molecular flexibility index (Phi) is 5.10. The van der Waals surface area contributed by atoms with Crippen molar-refractivity contribution in [2.45, 2.75) is 26.5 Å². The van der Waals surface area contributed by atoms with Gasteiger partial charge in [-0.1, -0.05) is 6.07 Å². The van der Waals surface area contributed by atoms with E-state index in [4.69, 9.17) is 10.00 Å². The van der Waals surface area contributed by atoms with E-state index >= 15 is 0 Å². The van der Waals surface area contributed by atoms with Crippen LogP contribution < -0.4 is 10.1 Å². The molecule has 5 nitrogen and oxygen atoms in total. The largest absolute Gasteiger partial charge is 0.481 e. The van der Waals surface area contributed by atoms with Crippen LogP contribution in [0.25, 0.3) is 0 Å². The number of pyridine rings is 1. The first-order chi connectivity index (χ1) is 10.6. The summed E-state index contributed by atoms with van der Waals surface area (Å²) in [5, 5.41) is 11.5. The van der Waals surface area contributed by atoms with Gasteiger partial charge in [0.05, 0.1) is 23.9 Å². The van der Waals surface area contributed by atoms with Crippen molar-refractivity contribution in [1.29, 1.82) is 5.26 Å². The van der Waals surface area contributed by atoms with Gasteiger partial charge in [0.15, 0.2) is 6.10 Å². The fourth-order valence-corrected chi connectivity index (χ4v) is 1.89. The third-order valence-corrected chi connectivity index (χ3v) is 3.06. The first-order valence-corrected chi connectivity index (χ1v) is 6.95. The van der Waals surface area contributed by atoms with Crippen molar-refractivity contribution in [3.8, 4) is 11.8 Å². The number of aromatic nitrogens is 1. The number of rotatable bonds is 5. The molecule has 0 spiro atoms. The average Bonchev–Trinajstić information content (AvgIpc) is 2.53. The number of ether oxygens (including phenoxy) is 1. The summed E-state index contributed by atoms with van der Waals surface area (Å²) in [6.07, 6.45) is -0.627. The summed E-state index contributed by atoms with van der Waals surface area (Å²) in [7, 11) is 0. The lowest BCUT2D eigenvalue weighted by molar-refractivity contribution is -0.127. The second-order valence-corrected chi connectivity index (χ2v) is 4.88. The van der Waals surface area contributed by atoms with Crippen LogP contribution in [0.2, 0.25) is 0 Å². The van der Waals surface area contributed by atoms with Crippen molar-refractivity contribution >= 4 is 5.91 Å². The van der Waals surface area contributed by atoms with E-state index in [2.05, 4.69) is 10.3 Å². The van der Waals surface area contributed by atoms with Crippen molar-refractivity contribution in [2.24, 2.45) is 0 Å². The highest BCUT2D eigenvalue weighted by molar-refractivity contribution is 5.80. The van der Waals surface area contributed by atoms with Crippen molar-refractivity contribution in [1.82, 2.24) is 10.3 Å². The topological polar surface area (TPSA) is 75.0 Å². The molecule has 0 aliphatic carbocycles. The molecule has 0 aliphatic rings. The van der Waals surface area contributed by atoms with Crippen molar-refractivity contribution in [3.05, 3.63) is 59.4 Å². The van der Waals surface area contributed by atoms with Gasteiger partial charge in [0.1, 0.15) is 5.75 Å². The van der Waals surface area contributed by atoms with E-state index in [0.29, 0.717) is 17.9 Å². The molecule has 0 radical (unpaired) electrons. The zero-order chi connectivity index (χ0) is 15.9. The van der Waals surface area contributed by atoms with Gasteiger partial charge in [0.2, 0.25) is 0 Å². The molecule has 0 saturated carbocycles. The average molecular weight is 295 g/mol. The Hall–Kier alpha value is -2.87. The third kappa shape index (κ3) is 4.32. The standard InChI is InChI=1S/C17H17N3O2/c1-12-4-3-5-15(20-12)11-19-17(21)13(2)22-16-8-6-14(10-18)7-9-16/h3-9,13H,11H2,1-2H3,(H,19,21). The Balaban J connectivity index is 1.87. The van der Waals surface area contributed by atoms with E-state index in [0.717, 1.165) is 11.4 Å². The molecule has 22 heavy (non-hydrogen) atoms. The summed E-state index contributed by atoms with van der Waals surface area (Å²) in [4.78, 5) is 16.3. The molecule has 2 aromatic rings. The highest BCUT2D eigenvalue weighted by Gasteiger charge is 2.14. The normalized spacial score (nSPS) is 11.3. The van der Waals surface area contributed by atoms with E-state index in [-0.39, 0.29) is 5.91 Å². The Morgan fingerprint density at radius 3 is 2.68 bits per heavy atom. The molecule has 2 rings (SSSR count). The van der Waals surface area contributed by atoms with Gasteiger partial charge in [-0.3, -0.25) is 9.78 Å². The minimum atomic E-state index is -0.627. The van der Waals surface area contributed by atoms with Crippen LogP contribution in [-0.2, 0) is 11.3 Å². The minimum absolute atomic E-state index is 0.215. The molecule has 1 aromatic heterocycles. The van der Waals surface area contributed by atoms with Gasteiger partial charge in [-0.2, -0.15) is 5.26 Å². The molecular weight excluding hydrogens is 278 g/mol. The number of aryl methyl sites for hydroxylation is 1. The van der Waals surface area contributed by atoms with Gasteiger partial charge < -0.3 is 10.1 Å². The van der Waals surface area contributed by atoms with Crippen molar-refractivity contribution < 1.29 is 9.53 Å². The number of carbonyl (C=O) groups is 1. The van der Waals surface area contributed by atoms with Gasteiger partial charge in [0, 0.05) is 5.69 Å². The molecule has 0 fully saturated rings. The summed E-state index contributed by atoms with van der Waals surface area (Å²) in [5.41, 5.74) is 2.27. The molecule has 0 aliphatic heterocycles. The third-order valence-electron chi connectivity index (χ3n) is 3.06. The molecule has 0 bridgehead atoms. The zero-order valence-corrected chi connectivity index (χ0v) is 12.5. The van der Waals surface area contributed by atoms with E-state index in [1.807, 2.05) is 31.2 Å². The molecule has 1 unspecified atom stereocenters. The highest BCUT2D eigenvalue weighted by Crippen LogP contribution is 2.13. The summed E-state index contributed by atoms with van der Waals surface area (Å²) in [5.74, 6) is 0.336. The molecule has 1 atom stereocenters. The molecular formula is C17H17N3O2. The van der Waals surface area contributed by atoms with Crippen molar-refractivity contribution in [2.75, 3.05) is 0 Å². The van der Waals surface area contributed by atoms with Crippen LogP contribution in [0.4, 0.5) is 0 Å². The summed E-state index contributed by atoms with van der Waals surface area (Å²) in [6, 6.07) is 14.3. The number of benzene rings is 1. The zero-order valence-electron chi connectivity index (χ0n) is 12.5. The lowest BCUT2D eigenvalue weighted by Gasteiger charge is -2.14. The number of nitrogens with one attached hydrogen (secondary N) is 1. The van der Waals surface area contributed by atoms with E-state index in [9.17, 15) is 4.79 Å². The van der Waals surface area contributed by atoms with E-state index < -0.39 is 6.10 Å². The lowest BCUT2D eigenvalue weighted by Crippen LogP contribution is -2.36. The maximum absolute atomic E-state index is 12.0. The number of nitrogens with zero attached hydrogens (tertiary/aromatic N) is 2. The van der Waals surface area contributed by atoms with Crippen LogP contribution in [0, 0.1) is 18.3 Å². The monoisotopic (exact) mass is 295 g/mol. The van der Waals surface area contributed by atoms with Crippen LogP contribution >= 0.6 is 0 Å². The fraction of sp³-hybridized carbons (Fsp3) is 0.235. The van der Waals surface area contributed by atoms with Gasteiger partial charge in [-0.25, -0.2) is 0 Å². The highest BCUT2D eigenvalue weighted by atomic mass is 16.5. The number of nitriles is 1. The summed E-state index contributed by atoms with van der Waals surface area (Å²) >= 11 is 0. The van der Waals surface area contributed by atoms with E-state index in [1.54, 1.807) is 31.2 Å². The quantitative estimate of drug-likeness (QED) is 0.918. The maximum atomic E-state index is 12.0. The molecule has 1 amide bonds. The molecule has 1 N–H and O–H groups in total. The van der Waals surface area contributed by atoms with Crippen LogP contribution in [0.3, 0.4) is 0 Å². The molecule has 112 valence electrons. The van der Waals surface area contributed by atoms with Crippen molar-refractivity contribution in [3.63, 3.8) is 0 Å². The number of carbonyl (C=O) groups excluding carboxylic acids is 1. The summed E-state index contributed by atoms with van der Waals surface area (Å²) in [6.45, 7) is 3.95. The number of hydrogen-bond donors (Lipinski definition) is 1. The van der Waals surface area contributed by atoms with Crippen LogP contribution in [0.5, 0.6) is 5.75 Å². The van der Waals surface area contributed by atoms with Crippen LogP contribution in [-0.4, -0.2) is 17.0 Å². The Morgan fingerprint density at radius 1 is 1.32 bits per heavy atom. The predicted octanol–water partition coefficient (Wildman–Crippen LogP) is 2.35. The minimum Gasteiger partial charge on any atom is -0.481 e. The van der Waals surface area contributed by atoms with Gasteiger partial charge in [-0.15, -0.1) is 0 Å². The number of hydrogen-bond acceptors (Lipinski definition) is 4. The lowest BCUT2D eigenvalue weighted by atomic mass is 10.2. The smallest absolute Gasteiger partial charge is 0.261 e. The molecule has 1 aromatic carbocycles. The fourth-order valence-electron chi connectivity index (χ4n) is 1.89. The SMILES string of the molecule is Cc1cccc(CNC(=O)C(C)Oc2ccc(C#N)cc2)n1.